The van der Waals surface area contributed by atoms with Crippen LogP contribution in [-0.4, -0.2) is 53.0 Å². The molecule has 7 nitrogen and oxygen atoms in total. The van der Waals surface area contributed by atoms with Crippen molar-refractivity contribution >= 4 is 23.1 Å². The van der Waals surface area contributed by atoms with Gasteiger partial charge in [0.2, 0.25) is 11.1 Å². The first-order valence-electron chi connectivity index (χ1n) is 6.50. The highest BCUT2D eigenvalue weighted by atomic mass is 35.5. The van der Waals surface area contributed by atoms with E-state index in [4.69, 9.17) is 11.6 Å². The maximum Gasteiger partial charge on any atom is 0.332 e. The van der Waals surface area contributed by atoms with Gasteiger partial charge in [-0.25, -0.2) is 4.98 Å². The van der Waals surface area contributed by atoms with Gasteiger partial charge in [-0.1, -0.05) is 0 Å². The number of halogens is 1. The Balaban J connectivity index is 2.28. The smallest absolute Gasteiger partial charge is 0.332 e. The number of aryl methyl sites for hydroxylation is 1. The number of likely N-dealkylation sites (N-methyl/N-ethyl adjacent to an activating group) is 2. The van der Waals surface area contributed by atoms with Crippen LogP contribution in [0.3, 0.4) is 0 Å². The van der Waals surface area contributed by atoms with E-state index in [1.807, 2.05) is 0 Å². The molecule has 1 aliphatic heterocycles. The molecule has 1 aliphatic rings. The van der Waals surface area contributed by atoms with Gasteiger partial charge in [0, 0.05) is 19.6 Å². The molecule has 1 aromatic rings. The molecule has 0 aromatic carbocycles. The molecule has 0 aliphatic carbocycles. The van der Waals surface area contributed by atoms with E-state index in [0.717, 1.165) is 19.4 Å². The van der Waals surface area contributed by atoms with Gasteiger partial charge in [-0.15, -0.1) is 0 Å². The Hall–Kier alpha value is -1.47. The van der Waals surface area contributed by atoms with Crippen molar-refractivity contribution in [3.63, 3.8) is 0 Å². The molecule has 1 atom stereocenters. The maximum absolute atomic E-state index is 11.2. The highest BCUT2D eigenvalue weighted by Gasteiger charge is 2.28. The first kappa shape index (κ1) is 14.9. The Kier molecular flexibility index (Phi) is 4.39. The molecule has 1 aromatic heterocycles. The molecular weight excluding hydrogens is 282 g/mol. The second kappa shape index (κ2) is 5.88. The third kappa shape index (κ3) is 2.99. The summed E-state index contributed by atoms with van der Waals surface area (Å²) in [5.41, 5.74) is 0.217. The van der Waals surface area contributed by atoms with Crippen LogP contribution in [0.15, 0.2) is 0 Å². The van der Waals surface area contributed by atoms with Crippen molar-refractivity contribution in [3.8, 4) is 0 Å². The van der Waals surface area contributed by atoms with Crippen LogP contribution in [0.4, 0.5) is 11.5 Å². The molecule has 0 bridgehead atoms. The van der Waals surface area contributed by atoms with Crippen LogP contribution in [-0.2, 0) is 0 Å². The lowest BCUT2D eigenvalue weighted by atomic mass is 10.2. The van der Waals surface area contributed by atoms with Gasteiger partial charge in [-0.3, -0.25) is 10.1 Å². The predicted octanol–water partition coefficient (Wildman–Crippen LogP) is 1.88. The van der Waals surface area contributed by atoms with Gasteiger partial charge in [-0.05, 0) is 45.0 Å². The minimum atomic E-state index is -0.449. The van der Waals surface area contributed by atoms with Crippen molar-refractivity contribution < 1.29 is 4.92 Å². The number of rotatable bonds is 4. The van der Waals surface area contributed by atoms with E-state index in [9.17, 15) is 10.1 Å². The quantitative estimate of drug-likeness (QED) is 0.480. The second-order valence-corrected chi connectivity index (χ2v) is 5.50. The largest absolute Gasteiger partial charge is 0.352 e. The standard InChI is InChI=1S/C12H18ClN5O2/c1-8-10(18(19)20)11(15-12(13)14-8)17(3)7-9-5-4-6-16(9)2/h9H,4-7H2,1-3H3. The fourth-order valence-electron chi connectivity index (χ4n) is 2.61. The molecule has 2 rings (SSSR count). The summed E-state index contributed by atoms with van der Waals surface area (Å²) >= 11 is 5.83. The zero-order valence-electron chi connectivity index (χ0n) is 11.8. The highest BCUT2D eigenvalue weighted by Crippen LogP contribution is 2.30. The van der Waals surface area contributed by atoms with Gasteiger partial charge in [0.1, 0.15) is 5.69 Å². The number of hydrogen-bond donors (Lipinski definition) is 0. The highest BCUT2D eigenvalue weighted by molar-refractivity contribution is 6.28. The fraction of sp³-hybridized carbons (Fsp3) is 0.667. The van der Waals surface area contributed by atoms with Crippen molar-refractivity contribution in [2.45, 2.75) is 25.8 Å². The first-order chi connectivity index (χ1) is 9.40. The molecule has 1 unspecified atom stereocenters. The number of nitro groups is 1. The molecule has 0 radical (unpaired) electrons. The minimum Gasteiger partial charge on any atom is -0.352 e. The van der Waals surface area contributed by atoms with Crippen molar-refractivity contribution in [1.82, 2.24) is 14.9 Å². The number of likely N-dealkylation sites (tertiary alicyclic amines) is 1. The summed E-state index contributed by atoms with van der Waals surface area (Å²) in [7, 11) is 3.87. The van der Waals surface area contributed by atoms with Crippen LogP contribution in [0.1, 0.15) is 18.5 Å². The van der Waals surface area contributed by atoms with Gasteiger partial charge < -0.3 is 9.80 Å². The molecule has 0 spiro atoms. The number of hydrogen-bond acceptors (Lipinski definition) is 6. The molecule has 8 heteroatoms. The summed E-state index contributed by atoms with van der Waals surface area (Å²) in [6.07, 6.45) is 2.24. The molecule has 2 heterocycles. The van der Waals surface area contributed by atoms with Gasteiger partial charge in [0.15, 0.2) is 0 Å². The Morgan fingerprint density at radius 3 is 2.80 bits per heavy atom. The molecule has 1 fully saturated rings. The molecule has 0 amide bonds. The molecular formula is C12H18ClN5O2. The third-order valence-corrected chi connectivity index (χ3v) is 3.88. The lowest BCUT2D eigenvalue weighted by Crippen LogP contribution is -2.37. The van der Waals surface area contributed by atoms with Crippen molar-refractivity contribution in [2.24, 2.45) is 0 Å². The normalized spacial score (nSPS) is 19.3. The third-order valence-electron chi connectivity index (χ3n) is 3.71. The molecule has 1 saturated heterocycles. The zero-order chi connectivity index (χ0) is 14.9. The van der Waals surface area contributed by atoms with E-state index < -0.39 is 4.92 Å². The summed E-state index contributed by atoms with van der Waals surface area (Å²) in [4.78, 5) is 22.7. The van der Waals surface area contributed by atoms with Crippen LogP contribution in [0.25, 0.3) is 0 Å². The number of anilines is 1. The number of nitrogens with zero attached hydrogens (tertiary/aromatic N) is 5. The van der Waals surface area contributed by atoms with Gasteiger partial charge in [0.05, 0.1) is 4.92 Å². The Bertz CT molecular complexity index is 525. The van der Waals surface area contributed by atoms with Crippen LogP contribution in [0.2, 0.25) is 5.28 Å². The van der Waals surface area contributed by atoms with Crippen molar-refractivity contribution in [2.75, 3.05) is 32.1 Å². The average Bonchev–Trinajstić information content (AvgIpc) is 2.73. The summed E-state index contributed by atoms with van der Waals surface area (Å²) in [5, 5.41) is 11.2. The maximum atomic E-state index is 11.2. The van der Waals surface area contributed by atoms with E-state index in [1.54, 1.807) is 18.9 Å². The number of aromatic nitrogens is 2. The molecule has 0 saturated carbocycles. The zero-order valence-corrected chi connectivity index (χ0v) is 12.6. The van der Waals surface area contributed by atoms with Crippen LogP contribution in [0, 0.1) is 17.0 Å². The van der Waals surface area contributed by atoms with E-state index >= 15 is 0 Å². The van der Waals surface area contributed by atoms with Crippen molar-refractivity contribution in [3.05, 3.63) is 21.1 Å². The van der Waals surface area contributed by atoms with Gasteiger partial charge in [0.25, 0.3) is 0 Å². The summed E-state index contributed by atoms with van der Waals surface area (Å²) in [6, 6.07) is 0.383. The van der Waals surface area contributed by atoms with Crippen molar-refractivity contribution in [1.29, 1.82) is 0 Å². The van der Waals surface area contributed by atoms with Gasteiger partial charge >= 0.3 is 5.69 Å². The van der Waals surface area contributed by atoms with E-state index in [-0.39, 0.29) is 22.5 Å². The predicted molar refractivity (Wildman–Crippen MR) is 77.4 cm³/mol. The van der Waals surface area contributed by atoms with E-state index in [1.165, 1.54) is 0 Å². The summed E-state index contributed by atoms with van der Waals surface area (Å²) in [5.74, 6) is 0.285. The summed E-state index contributed by atoms with van der Waals surface area (Å²) in [6.45, 7) is 3.32. The topological polar surface area (TPSA) is 75.4 Å². The Morgan fingerprint density at radius 2 is 2.25 bits per heavy atom. The first-order valence-corrected chi connectivity index (χ1v) is 6.88. The SMILES string of the molecule is Cc1nc(Cl)nc(N(C)CC2CCCN2C)c1[N+](=O)[O-]. The van der Waals surface area contributed by atoms with Gasteiger partial charge in [-0.2, -0.15) is 4.98 Å². The fourth-order valence-corrected chi connectivity index (χ4v) is 2.82. The molecule has 0 N–H and O–H groups in total. The Labute approximate surface area is 122 Å². The minimum absolute atomic E-state index is 0.0368. The molecule has 20 heavy (non-hydrogen) atoms. The Morgan fingerprint density at radius 1 is 1.55 bits per heavy atom. The van der Waals surface area contributed by atoms with Crippen LogP contribution in [0.5, 0.6) is 0 Å². The monoisotopic (exact) mass is 299 g/mol. The lowest BCUT2D eigenvalue weighted by Gasteiger charge is -2.26. The van der Waals surface area contributed by atoms with Crippen LogP contribution >= 0.6 is 11.6 Å². The lowest BCUT2D eigenvalue weighted by molar-refractivity contribution is -0.385. The second-order valence-electron chi connectivity index (χ2n) is 5.16. The average molecular weight is 300 g/mol. The van der Waals surface area contributed by atoms with Crippen LogP contribution < -0.4 is 4.90 Å². The van der Waals surface area contributed by atoms with E-state index in [0.29, 0.717) is 12.6 Å². The summed E-state index contributed by atoms with van der Waals surface area (Å²) < 4.78 is 0. The molecule has 110 valence electrons. The van der Waals surface area contributed by atoms with E-state index in [2.05, 4.69) is 21.9 Å².